The molecule has 60 valence electrons. The third kappa shape index (κ3) is 2.44. The monoisotopic (exact) mass is 168 g/mol. The molecule has 0 aliphatic heterocycles. The van der Waals surface area contributed by atoms with Crippen molar-refractivity contribution < 1.29 is 0 Å². The lowest BCUT2D eigenvalue weighted by atomic mass is 10.2. The van der Waals surface area contributed by atoms with E-state index in [1.807, 2.05) is 26.1 Å². The second-order valence-corrected chi connectivity index (χ2v) is 3.59. The van der Waals surface area contributed by atoms with Crippen molar-refractivity contribution in [3.05, 3.63) is 28.2 Å². The zero-order chi connectivity index (χ0) is 8.27. The highest BCUT2D eigenvalue weighted by Gasteiger charge is 2.02. The van der Waals surface area contributed by atoms with Gasteiger partial charge in [-0.2, -0.15) is 0 Å². The molecule has 1 heterocycles. The lowest BCUT2D eigenvalue weighted by Crippen LogP contribution is -2.05. The fourth-order valence-electron chi connectivity index (χ4n) is 0.831. The van der Waals surface area contributed by atoms with E-state index in [-0.39, 0.29) is 6.04 Å². The van der Waals surface area contributed by atoms with Crippen molar-refractivity contribution >= 4 is 11.3 Å². The number of rotatable bonds is 2. The van der Waals surface area contributed by atoms with E-state index in [1.54, 1.807) is 16.8 Å². The van der Waals surface area contributed by atoms with E-state index in [1.165, 1.54) is 5.57 Å². The van der Waals surface area contributed by atoms with Crippen molar-refractivity contribution in [3.8, 4) is 0 Å². The van der Waals surface area contributed by atoms with Crippen LogP contribution in [0.3, 0.4) is 0 Å². The van der Waals surface area contributed by atoms with Crippen molar-refractivity contribution in [1.29, 1.82) is 0 Å². The van der Waals surface area contributed by atoms with Crippen LogP contribution < -0.4 is 5.73 Å². The van der Waals surface area contributed by atoms with Gasteiger partial charge in [0.05, 0.1) is 11.6 Å². The molecule has 1 rings (SSSR count). The molecule has 0 bridgehead atoms. The summed E-state index contributed by atoms with van der Waals surface area (Å²) in [4.78, 5) is 5.08. The first kappa shape index (κ1) is 8.43. The Labute approximate surface area is 70.8 Å². The smallest absolute Gasteiger partial charge is 0.0794 e. The van der Waals surface area contributed by atoms with Crippen molar-refractivity contribution in [2.24, 2.45) is 5.73 Å². The molecule has 1 aromatic heterocycles. The van der Waals surface area contributed by atoms with Crippen LogP contribution in [0.4, 0.5) is 0 Å². The Hall–Kier alpha value is -0.670. The van der Waals surface area contributed by atoms with Crippen LogP contribution in [0, 0.1) is 0 Å². The summed E-state index contributed by atoms with van der Waals surface area (Å²) in [5.41, 5.74) is 8.88. The molecule has 0 fully saturated rings. The summed E-state index contributed by atoms with van der Waals surface area (Å²) in [7, 11) is 0. The minimum atomic E-state index is 0.0208. The SMILES string of the molecule is CC(C)=CC(N)c1cncs1. The number of hydrogen-bond acceptors (Lipinski definition) is 3. The second-order valence-electron chi connectivity index (χ2n) is 2.67. The van der Waals surface area contributed by atoms with Crippen LogP contribution in [0.5, 0.6) is 0 Å². The van der Waals surface area contributed by atoms with Crippen LogP contribution in [0.25, 0.3) is 0 Å². The number of hydrogen-bond donors (Lipinski definition) is 1. The molecule has 1 aromatic rings. The van der Waals surface area contributed by atoms with Crippen molar-refractivity contribution in [3.63, 3.8) is 0 Å². The maximum absolute atomic E-state index is 5.83. The first-order chi connectivity index (χ1) is 5.20. The lowest BCUT2D eigenvalue weighted by Gasteiger charge is -2.01. The standard InChI is InChI=1S/C8H12N2S/c1-6(2)3-7(9)8-4-10-5-11-8/h3-5,7H,9H2,1-2H3. The molecule has 0 saturated carbocycles. The number of aromatic nitrogens is 1. The van der Waals surface area contributed by atoms with Crippen LogP contribution in [0.2, 0.25) is 0 Å². The minimum Gasteiger partial charge on any atom is -0.320 e. The van der Waals surface area contributed by atoms with Crippen molar-refractivity contribution in [2.75, 3.05) is 0 Å². The molecular formula is C8H12N2S. The highest BCUT2D eigenvalue weighted by molar-refractivity contribution is 7.09. The molecule has 1 atom stereocenters. The van der Waals surface area contributed by atoms with Gasteiger partial charge in [-0.3, -0.25) is 4.98 Å². The summed E-state index contributed by atoms with van der Waals surface area (Å²) < 4.78 is 0. The van der Waals surface area contributed by atoms with E-state index >= 15 is 0 Å². The first-order valence-electron chi connectivity index (χ1n) is 3.49. The highest BCUT2D eigenvalue weighted by atomic mass is 32.1. The zero-order valence-electron chi connectivity index (χ0n) is 6.74. The van der Waals surface area contributed by atoms with E-state index in [2.05, 4.69) is 4.98 Å². The summed E-state index contributed by atoms with van der Waals surface area (Å²) in [5, 5.41) is 0. The third-order valence-electron chi connectivity index (χ3n) is 1.29. The van der Waals surface area contributed by atoms with E-state index in [9.17, 15) is 0 Å². The molecule has 2 N–H and O–H groups in total. The van der Waals surface area contributed by atoms with Crippen LogP contribution in [-0.2, 0) is 0 Å². The van der Waals surface area contributed by atoms with Gasteiger partial charge in [-0.15, -0.1) is 11.3 Å². The molecule has 1 unspecified atom stereocenters. The molecule has 11 heavy (non-hydrogen) atoms. The fraction of sp³-hybridized carbons (Fsp3) is 0.375. The Morgan fingerprint density at radius 3 is 2.91 bits per heavy atom. The van der Waals surface area contributed by atoms with Crippen LogP contribution in [-0.4, -0.2) is 4.98 Å². The average Bonchev–Trinajstić information content (AvgIpc) is 2.35. The van der Waals surface area contributed by atoms with Gasteiger partial charge in [-0.25, -0.2) is 0 Å². The molecule has 0 spiro atoms. The Balaban J connectivity index is 2.71. The lowest BCUT2D eigenvalue weighted by molar-refractivity contribution is 0.918. The van der Waals surface area contributed by atoms with Gasteiger partial charge in [-0.1, -0.05) is 11.6 Å². The molecule has 0 aromatic carbocycles. The molecule has 0 radical (unpaired) electrons. The summed E-state index contributed by atoms with van der Waals surface area (Å²) >= 11 is 1.59. The molecular weight excluding hydrogens is 156 g/mol. The predicted molar refractivity (Wildman–Crippen MR) is 48.5 cm³/mol. The molecule has 0 saturated heterocycles. The number of thiazole rings is 1. The Kier molecular flexibility index (Phi) is 2.79. The maximum atomic E-state index is 5.83. The van der Waals surface area contributed by atoms with Gasteiger partial charge < -0.3 is 5.73 Å². The van der Waals surface area contributed by atoms with Gasteiger partial charge in [0.25, 0.3) is 0 Å². The average molecular weight is 168 g/mol. The fourth-order valence-corrected chi connectivity index (χ4v) is 1.42. The number of nitrogens with two attached hydrogens (primary N) is 1. The maximum Gasteiger partial charge on any atom is 0.0794 e. The van der Waals surface area contributed by atoms with Gasteiger partial charge in [0.15, 0.2) is 0 Å². The minimum absolute atomic E-state index is 0.0208. The van der Waals surface area contributed by atoms with Gasteiger partial charge in [0.1, 0.15) is 0 Å². The van der Waals surface area contributed by atoms with E-state index in [4.69, 9.17) is 5.73 Å². The molecule has 0 aliphatic rings. The quantitative estimate of drug-likeness (QED) is 0.687. The van der Waals surface area contributed by atoms with Crippen LogP contribution in [0.1, 0.15) is 24.8 Å². The van der Waals surface area contributed by atoms with Gasteiger partial charge in [0, 0.05) is 11.1 Å². The van der Waals surface area contributed by atoms with E-state index in [0.29, 0.717) is 0 Å². The van der Waals surface area contributed by atoms with Gasteiger partial charge in [-0.05, 0) is 13.8 Å². The normalized spacial score (nSPS) is 12.6. The topological polar surface area (TPSA) is 38.9 Å². The summed E-state index contributed by atoms with van der Waals surface area (Å²) in [5.74, 6) is 0. The second kappa shape index (κ2) is 3.64. The molecule has 0 amide bonds. The summed E-state index contributed by atoms with van der Waals surface area (Å²) in [6.45, 7) is 4.09. The Morgan fingerprint density at radius 1 is 1.73 bits per heavy atom. The third-order valence-corrected chi connectivity index (χ3v) is 2.17. The van der Waals surface area contributed by atoms with Crippen LogP contribution in [0.15, 0.2) is 23.4 Å². The zero-order valence-corrected chi connectivity index (χ0v) is 7.56. The van der Waals surface area contributed by atoms with Crippen LogP contribution >= 0.6 is 11.3 Å². The molecule has 3 heteroatoms. The van der Waals surface area contributed by atoms with E-state index < -0.39 is 0 Å². The largest absolute Gasteiger partial charge is 0.320 e. The van der Waals surface area contributed by atoms with Gasteiger partial charge in [0.2, 0.25) is 0 Å². The Morgan fingerprint density at radius 2 is 2.45 bits per heavy atom. The summed E-state index contributed by atoms with van der Waals surface area (Å²) in [6, 6.07) is 0.0208. The predicted octanol–water partition coefficient (Wildman–Crippen LogP) is 2.11. The first-order valence-corrected chi connectivity index (χ1v) is 4.37. The molecule has 0 aliphatic carbocycles. The highest BCUT2D eigenvalue weighted by Crippen LogP contribution is 2.16. The van der Waals surface area contributed by atoms with Crippen molar-refractivity contribution in [2.45, 2.75) is 19.9 Å². The number of nitrogens with zero attached hydrogens (tertiary/aromatic N) is 1. The summed E-state index contributed by atoms with van der Waals surface area (Å²) in [6.07, 6.45) is 3.85. The van der Waals surface area contributed by atoms with E-state index in [0.717, 1.165) is 4.88 Å². The molecule has 2 nitrogen and oxygen atoms in total. The Bertz CT molecular complexity index is 235. The van der Waals surface area contributed by atoms with Crippen molar-refractivity contribution in [1.82, 2.24) is 4.98 Å². The van der Waals surface area contributed by atoms with Gasteiger partial charge >= 0.3 is 0 Å². The number of allylic oxidation sites excluding steroid dienone is 1.